The van der Waals surface area contributed by atoms with Crippen LogP contribution < -0.4 is 33.6 Å². The molecule has 13 nitrogen and oxygen atoms in total. The average molecular weight is 471 g/mol. The molecule has 1 aliphatic rings. The highest BCUT2D eigenvalue weighted by molar-refractivity contribution is 5.94. The van der Waals surface area contributed by atoms with Crippen molar-refractivity contribution in [2.24, 2.45) is 27.9 Å². The Morgan fingerprint density at radius 1 is 1.09 bits per heavy atom. The van der Waals surface area contributed by atoms with Crippen LogP contribution in [0.3, 0.4) is 0 Å². The summed E-state index contributed by atoms with van der Waals surface area (Å²) >= 11 is 0. The number of carbonyl (C=O) groups excluding carboxylic acids is 3. The number of carboxylic acids is 1. The molecule has 0 aromatic carbocycles. The van der Waals surface area contributed by atoms with Crippen LogP contribution in [0.2, 0.25) is 0 Å². The molecule has 1 heterocycles. The number of hydrogen-bond donors (Lipinski definition) is 7. The van der Waals surface area contributed by atoms with E-state index >= 15 is 0 Å². The van der Waals surface area contributed by atoms with Crippen molar-refractivity contribution in [1.29, 1.82) is 0 Å². The van der Waals surface area contributed by atoms with E-state index in [0.717, 1.165) is 0 Å². The van der Waals surface area contributed by atoms with Gasteiger partial charge in [-0.15, -0.1) is 0 Å². The normalized spacial score (nSPS) is 18.2. The van der Waals surface area contributed by atoms with Gasteiger partial charge in [0.15, 0.2) is 5.96 Å². The van der Waals surface area contributed by atoms with Crippen LogP contribution >= 0.6 is 0 Å². The van der Waals surface area contributed by atoms with E-state index in [0.29, 0.717) is 64.6 Å². The van der Waals surface area contributed by atoms with Gasteiger partial charge >= 0.3 is 5.97 Å². The van der Waals surface area contributed by atoms with E-state index < -0.39 is 47.9 Å². The molecule has 0 aliphatic carbocycles. The lowest BCUT2D eigenvalue weighted by atomic mass is 10.1. The van der Waals surface area contributed by atoms with Crippen LogP contribution in [0.4, 0.5) is 0 Å². The van der Waals surface area contributed by atoms with Crippen molar-refractivity contribution in [3.63, 3.8) is 0 Å². The Hall–Kier alpha value is -2.93. The van der Waals surface area contributed by atoms with Crippen LogP contribution in [0.15, 0.2) is 4.99 Å². The summed E-state index contributed by atoms with van der Waals surface area (Å²) < 4.78 is 0. The number of hydrogen-bond acceptors (Lipinski definition) is 7. The Labute approximate surface area is 193 Å². The lowest BCUT2D eigenvalue weighted by Crippen LogP contribution is -2.56. The number of nitrogens with two attached hydrogens (primary N) is 4. The van der Waals surface area contributed by atoms with E-state index in [1.54, 1.807) is 0 Å². The zero-order chi connectivity index (χ0) is 25.0. The van der Waals surface area contributed by atoms with E-state index in [1.807, 2.05) is 0 Å². The highest BCUT2D eigenvalue weighted by Gasteiger charge is 2.37. The number of nitrogens with zero attached hydrogens (tertiary/aromatic N) is 2. The molecule has 1 saturated heterocycles. The topological polar surface area (TPSA) is 232 Å². The van der Waals surface area contributed by atoms with Gasteiger partial charge < -0.3 is 43.6 Å². The van der Waals surface area contributed by atoms with E-state index in [-0.39, 0.29) is 5.96 Å². The minimum atomic E-state index is -1.07. The smallest absolute Gasteiger partial charge is 0.326 e. The number of unbranched alkanes of at least 4 members (excludes halogenated alkanes) is 1. The van der Waals surface area contributed by atoms with Crippen molar-refractivity contribution in [3.05, 3.63) is 0 Å². The molecule has 1 aliphatic heterocycles. The third-order valence-corrected chi connectivity index (χ3v) is 5.44. The number of aliphatic imine (C=N–C) groups is 1. The van der Waals surface area contributed by atoms with E-state index in [9.17, 15) is 24.3 Å². The van der Waals surface area contributed by atoms with Crippen molar-refractivity contribution < 1.29 is 24.3 Å². The lowest BCUT2D eigenvalue weighted by Gasteiger charge is -2.28. The first-order valence-electron chi connectivity index (χ1n) is 11.2. The summed E-state index contributed by atoms with van der Waals surface area (Å²) in [5.41, 5.74) is 21.9. The maximum atomic E-state index is 13.0. The number of carboxylic acid groups (broad SMARTS) is 1. The first-order chi connectivity index (χ1) is 15.6. The summed E-state index contributed by atoms with van der Waals surface area (Å²) in [5.74, 6) is -2.63. The SMILES string of the molecule is CC(NC(=O)C(N)CCCN=C(N)N)C(=O)NC(CCCCN)C(=O)N1CCCC1C(=O)O. The highest BCUT2D eigenvalue weighted by atomic mass is 16.4. The summed E-state index contributed by atoms with van der Waals surface area (Å²) in [7, 11) is 0. The highest BCUT2D eigenvalue weighted by Crippen LogP contribution is 2.20. The van der Waals surface area contributed by atoms with Gasteiger partial charge in [0.2, 0.25) is 17.7 Å². The second-order valence-electron chi connectivity index (χ2n) is 8.16. The molecule has 0 aromatic heterocycles. The molecule has 4 atom stereocenters. The number of nitrogens with one attached hydrogen (secondary N) is 2. The number of likely N-dealkylation sites (tertiary alicyclic amines) is 1. The third-order valence-electron chi connectivity index (χ3n) is 5.44. The van der Waals surface area contributed by atoms with Gasteiger partial charge in [-0.1, -0.05) is 0 Å². The summed E-state index contributed by atoms with van der Waals surface area (Å²) in [6, 6.07) is -3.60. The van der Waals surface area contributed by atoms with Gasteiger partial charge in [-0.3, -0.25) is 19.4 Å². The van der Waals surface area contributed by atoms with Crippen LogP contribution in [0.5, 0.6) is 0 Å². The predicted molar refractivity (Wildman–Crippen MR) is 123 cm³/mol. The molecule has 0 saturated carbocycles. The van der Waals surface area contributed by atoms with Crippen LogP contribution in [0.1, 0.15) is 51.9 Å². The quantitative estimate of drug-likeness (QED) is 0.0810. The van der Waals surface area contributed by atoms with Gasteiger partial charge in [-0.05, 0) is 58.4 Å². The van der Waals surface area contributed by atoms with Crippen molar-refractivity contribution in [3.8, 4) is 0 Å². The molecule has 3 amide bonds. The maximum absolute atomic E-state index is 13.0. The molecule has 33 heavy (non-hydrogen) atoms. The van der Waals surface area contributed by atoms with Crippen molar-refractivity contribution >= 4 is 29.7 Å². The first kappa shape index (κ1) is 28.1. The van der Waals surface area contributed by atoms with Crippen molar-refractivity contribution in [2.45, 2.75) is 76.0 Å². The molecule has 1 rings (SSSR count). The monoisotopic (exact) mass is 470 g/mol. The largest absolute Gasteiger partial charge is 0.480 e. The Balaban J connectivity index is 2.69. The van der Waals surface area contributed by atoms with Gasteiger partial charge in [-0.2, -0.15) is 0 Å². The molecule has 1 fully saturated rings. The van der Waals surface area contributed by atoms with Crippen LogP contribution in [-0.2, 0) is 19.2 Å². The van der Waals surface area contributed by atoms with Crippen LogP contribution in [0, 0.1) is 0 Å². The minimum Gasteiger partial charge on any atom is -0.480 e. The minimum absolute atomic E-state index is 0.0440. The molecule has 0 aromatic rings. The average Bonchev–Trinajstić information content (AvgIpc) is 3.25. The van der Waals surface area contributed by atoms with Crippen LogP contribution in [0.25, 0.3) is 0 Å². The summed E-state index contributed by atoms with van der Waals surface area (Å²) in [6.45, 7) is 2.57. The third kappa shape index (κ3) is 9.61. The Morgan fingerprint density at radius 2 is 1.79 bits per heavy atom. The second-order valence-corrected chi connectivity index (χ2v) is 8.16. The fraction of sp³-hybridized carbons (Fsp3) is 0.750. The molecular weight excluding hydrogens is 432 g/mol. The van der Waals surface area contributed by atoms with Gasteiger partial charge in [0.05, 0.1) is 6.04 Å². The summed E-state index contributed by atoms with van der Waals surface area (Å²) in [6.07, 6.45) is 3.32. The molecule has 4 unspecified atom stereocenters. The van der Waals surface area contributed by atoms with Gasteiger partial charge in [0, 0.05) is 13.1 Å². The molecule has 0 spiro atoms. The number of aliphatic carboxylic acids is 1. The molecular formula is C20H38N8O5. The number of carbonyl (C=O) groups is 4. The van der Waals surface area contributed by atoms with Crippen molar-refractivity contribution in [1.82, 2.24) is 15.5 Å². The molecule has 188 valence electrons. The fourth-order valence-corrected chi connectivity index (χ4v) is 3.57. The van der Waals surface area contributed by atoms with Crippen LogP contribution in [-0.4, -0.2) is 83.5 Å². The van der Waals surface area contributed by atoms with Gasteiger partial charge in [0.1, 0.15) is 18.1 Å². The lowest BCUT2D eigenvalue weighted by molar-refractivity contribution is -0.149. The van der Waals surface area contributed by atoms with Gasteiger partial charge in [-0.25, -0.2) is 4.79 Å². The summed E-state index contributed by atoms with van der Waals surface area (Å²) in [4.78, 5) is 54.6. The maximum Gasteiger partial charge on any atom is 0.326 e. The number of rotatable bonds is 14. The molecule has 13 heteroatoms. The van der Waals surface area contributed by atoms with E-state index in [2.05, 4.69) is 15.6 Å². The fourth-order valence-electron chi connectivity index (χ4n) is 3.57. The molecule has 0 bridgehead atoms. The second kappa shape index (κ2) is 14.3. The Bertz CT molecular complexity index is 713. The van der Waals surface area contributed by atoms with Gasteiger partial charge in [0.25, 0.3) is 0 Å². The van der Waals surface area contributed by atoms with E-state index in [4.69, 9.17) is 22.9 Å². The molecule has 11 N–H and O–H groups in total. The summed E-state index contributed by atoms with van der Waals surface area (Å²) in [5, 5.41) is 14.6. The molecule has 0 radical (unpaired) electrons. The Kier molecular flexibility index (Phi) is 12.1. The zero-order valence-electron chi connectivity index (χ0n) is 19.2. The number of guanidine groups is 1. The number of amides is 3. The van der Waals surface area contributed by atoms with Crippen molar-refractivity contribution in [2.75, 3.05) is 19.6 Å². The Morgan fingerprint density at radius 3 is 2.39 bits per heavy atom. The predicted octanol–water partition coefficient (Wildman–Crippen LogP) is -2.44. The standard InChI is InChI=1S/C20H38N8O5/c1-12(26-17(30)13(22)6-4-10-25-20(23)24)16(29)27-14(7-2-3-9-21)18(31)28-11-5-8-15(28)19(32)33/h12-15H,2-11,21-22H2,1H3,(H,26,30)(H,27,29)(H,32,33)(H4,23,24,25). The first-order valence-corrected chi connectivity index (χ1v) is 11.2. The zero-order valence-corrected chi connectivity index (χ0v) is 19.2. The van der Waals surface area contributed by atoms with E-state index in [1.165, 1.54) is 11.8 Å².